The SMILES string of the molecule is CC(=O)NCCOc1ccc(NC(=O)C2CCN(c3ccc(-c4ccccc4)nn3)CC2)cc1. The number of piperidine rings is 1. The standard InChI is InChI=1S/C26H29N5O3/c1-19(32)27-15-18-34-23-9-7-22(8-10-23)28-26(33)21-13-16-31(17-14-21)25-12-11-24(29-30-25)20-5-3-2-4-6-20/h2-12,21H,13-18H2,1H3,(H,27,32)(H,28,33). The number of hydrogen-bond acceptors (Lipinski definition) is 6. The lowest BCUT2D eigenvalue weighted by Crippen LogP contribution is -2.38. The number of ether oxygens (including phenoxy) is 1. The van der Waals surface area contributed by atoms with E-state index in [0.29, 0.717) is 18.9 Å². The van der Waals surface area contributed by atoms with Crippen LogP contribution in [0.4, 0.5) is 11.5 Å². The molecule has 3 aromatic rings. The summed E-state index contributed by atoms with van der Waals surface area (Å²) in [6, 6.07) is 21.2. The maximum absolute atomic E-state index is 12.7. The zero-order chi connectivity index (χ0) is 23.8. The first-order valence-electron chi connectivity index (χ1n) is 11.5. The normalized spacial score (nSPS) is 13.9. The predicted octanol–water partition coefficient (Wildman–Crippen LogP) is 3.51. The Balaban J connectivity index is 1.23. The number of anilines is 2. The van der Waals surface area contributed by atoms with Gasteiger partial charge in [-0.3, -0.25) is 9.59 Å². The van der Waals surface area contributed by atoms with Crippen LogP contribution in [0.3, 0.4) is 0 Å². The Bertz CT molecular complexity index is 1080. The van der Waals surface area contributed by atoms with Crippen LogP contribution in [0.25, 0.3) is 11.3 Å². The van der Waals surface area contributed by atoms with Crippen molar-refractivity contribution in [1.82, 2.24) is 15.5 Å². The van der Waals surface area contributed by atoms with Crippen molar-refractivity contribution in [1.29, 1.82) is 0 Å². The van der Waals surface area contributed by atoms with E-state index in [4.69, 9.17) is 4.74 Å². The van der Waals surface area contributed by atoms with Crippen LogP contribution in [0, 0.1) is 5.92 Å². The first-order chi connectivity index (χ1) is 16.6. The molecular formula is C26H29N5O3. The van der Waals surface area contributed by atoms with E-state index >= 15 is 0 Å². The van der Waals surface area contributed by atoms with Crippen LogP contribution in [0.5, 0.6) is 5.75 Å². The highest BCUT2D eigenvalue weighted by Crippen LogP contribution is 2.25. The molecule has 8 nitrogen and oxygen atoms in total. The first kappa shape index (κ1) is 23.2. The zero-order valence-electron chi connectivity index (χ0n) is 19.2. The van der Waals surface area contributed by atoms with E-state index in [1.807, 2.05) is 66.7 Å². The van der Waals surface area contributed by atoms with Crippen LogP contribution in [-0.2, 0) is 9.59 Å². The van der Waals surface area contributed by atoms with Crippen LogP contribution >= 0.6 is 0 Å². The van der Waals surface area contributed by atoms with E-state index in [1.165, 1.54) is 6.92 Å². The van der Waals surface area contributed by atoms with Crippen molar-refractivity contribution in [2.45, 2.75) is 19.8 Å². The second kappa shape index (κ2) is 11.3. The van der Waals surface area contributed by atoms with Crippen LogP contribution in [0.15, 0.2) is 66.7 Å². The Morgan fingerprint density at radius 1 is 0.971 bits per heavy atom. The molecule has 8 heteroatoms. The maximum Gasteiger partial charge on any atom is 0.227 e. The summed E-state index contributed by atoms with van der Waals surface area (Å²) in [5.41, 5.74) is 2.63. The van der Waals surface area contributed by atoms with Gasteiger partial charge in [0.05, 0.1) is 12.2 Å². The molecule has 2 heterocycles. The highest BCUT2D eigenvalue weighted by atomic mass is 16.5. The Morgan fingerprint density at radius 2 is 1.71 bits per heavy atom. The third kappa shape index (κ3) is 6.31. The third-order valence-electron chi connectivity index (χ3n) is 5.78. The molecule has 2 aromatic carbocycles. The van der Waals surface area contributed by atoms with Gasteiger partial charge in [-0.05, 0) is 49.2 Å². The van der Waals surface area contributed by atoms with Crippen LogP contribution in [0.2, 0.25) is 0 Å². The summed E-state index contributed by atoms with van der Waals surface area (Å²) in [6.07, 6.45) is 1.52. The first-order valence-corrected chi connectivity index (χ1v) is 11.5. The van der Waals surface area contributed by atoms with Crippen molar-refractivity contribution in [2.24, 2.45) is 5.92 Å². The summed E-state index contributed by atoms with van der Waals surface area (Å²) >= 11 is 0. The molecule has 2 N–H and O–H groups in total. The lowest BCUT2D eigenvalue weighted by Gasteiger charge is -2.31. The average molecular weight is 460 g/mol. The van der Waals surface area contributed by atoms with E-state index < -0.39 is 0 Å². The van der Waals surface area contributed by atoms with E-state index in [-0.39, 0.29) is 17.7 Å². The smallest absolute Gasteiger partial charge is 0.227 e. The third-order valence-corrected chi connectivity index (χ3v) is 5.78. The van der Waals surface area contributed by atoms with Crippen LogP contribution in [0.1, 0.15) is 19.8 Å². The van der Waals surface area contributed by atoms with Crippen molar-refractivity contribution in [2.75, 3.05) is 36.5 Å². The number of aromatic nitrogens is 2. The fourth-order valence-corrected chi connectivity index (χ4v) is 3.90. The number of benzene rings is 2. The minimum Gasteiger partial charge on any atom is -0.492 e. The summed E-state index contributed by atoms with van der Waals surface area (Å²) in [6.45, 7) is 3.84. The average Bonchev–Trinajstić information content (AvgIpc) is 2.88. The van der Waals surface area contributed by atoms with Crippen molar-refractivity contribution < 1.29 is 14.3 Å². The molecule has 1 saturated heterocycles. The van der Waals surface area contributed by atoms with Gasteiger partial charge in [-0.15, -0.1) is 10.2 Å². The Morgan fingerprint density at radius 3 is 2.35 bits per heavy atom. The number of carbonyl (C=O) groups excluding carboxylic acids is 2. The van der Waals surface area contributed by atoms with Crippen molar-refractivity contribution in [3.8, 4) is 17.0 Å². The predicted molar refractivity (Wildman–Crippen MR) is 132 cm³/mol. The fourth-order valence-electron chi connectivity index (χ4n) is 3.90. The Hall–Kier alpha value is -3.94. The summed E-state index contributed by atoms with van der Waals surface area (Å²) in [7, 11) is 0. The molecular weight excluding hydrogens is 430 g/mol. The molecule has 4 rings (SSSR count). The highest BCUT2D eigenvalue weighted by molar-refractivity contribution is 5.92. The van der Waals surface area contributed by atoms with Gasteiger partial charge in [0, 0.05) is 37.2 Å². The fraction of sp³-hybridized carbons (Fsp3) is 0.308. The maximum atomic E-state index is 12.7. The van der Waals surface area contributed by atoms with E-state index in [2.05, 4.69) is 25.7 Å². The molecule has 1 aromatic heterocycles. The highest BCUT2D eigenvalue weighted by Gasteiger charge is 2.26. The van der Waals surface area contributed by atoms with Gasteiger partial charge in [0.25, 0.3) is 0 Å². The Labute approximate surface area is 199 Å². The minimum absolute atomic E-state index is 0.0319. The number of nitrogens with one attached hydrogen (secondary N) is 2. The summed E-state index contributed by atoms with van der Waals surface area (Å²) in [5, 5.41) is 14.5. The summed E-state index contributed by atoms with van der Waals surface area (Å²) < 4.78 is 5.58. The molecule has 176 valence electrons. The summed E-state index contributed by atoms with van der Waals surface area (Å²) in [5.74, 6) is 1.44. The van der Waals surface area contributed by atoms with Gasteiger partial charge in [-0.2, -0.15) is 0 Å². The molecule has 1 fully saturated rings. The molecule has 1 aliphatic rings. The molecule has 0 spiro atoms. The van der Waals surface area contributed by atoms with Gasteiger partial charge < -0.3 is 20.3 Å². The molecule has 34 heavy (non-hydrogen) atoms. The Kier molecular flexibility index (Phi) is 7.70. The molecule has 2 amide bonds. The van der Waals surface area contributed by atoms with Gasteiger partial charge in [0.15, 0.2) is 5.82 Å². The van der Waals surface area contributed by atoms with Gasteiger partial charge in [-0.25, -0.2) is 0 Å². The quantitative estimate of drug-likeness (QED) is 0.501. The molecule has 0 radical (unpaired) electrons. The lowest BCUT2D eigenvalue weighted by molar-refractivity contribution is -0.120. The van der Waals surface area contributed by atoms with E-state index in [9.17, 15) is 9.59 Å². The molecule has 0 aliphatic carbocycles. The molecule has 0 unspecified atom stereocenters. The van der Waals surface area contributed by atoms with E-state index in [0.717, 1.165) is 48.7 Å². The topological polar surface area (TPSA) is 96.5 Å². The minimum atomic E-state index is -0.0820. The monoisotopic (exact) mass is 459 g/mol. The van der Waals surface area contributed by atoms with Crippen LogP contribution < -0.4 is 20.3 Å². The van der Waals surface area contributed by atoms with Crippen molar-refractivity contribution >= 4 is 23.3 Å². The second-order valence-electron chi connectivity index (χ2n) is 8.25. The second-order valence-corrected chi connectivity index (χ2v) is 8.25. The number of nitrogens with zero attached hydrogens (tertiary/aromatic N) is 3. The largest absolute Gasteiger partial charge is 0.492 e. The number of carbonyl (C=O) groups is 2. The van der Waals surface area contributed by atoms with Crippen molar-refractivity contribution in [3.63, 3.8) is 0 Å². The number of hydrogen-bond donors (Lipinski definition) is 2. The van der Waals surface area contributed by atoms with E-state index in [1.54, 1.807) is 0 Å². The van der Waals surface area contributed by atoms with Gasteiger partial charge >= 0.3 is 0 Å². The van der Waals surface area contributed by atoms with Crippen molar-refractivity contribution in [3.05, 3.63) is 66.7 Å². The number of amides is 2. The molecule has 0 bridgehead atoms. The van der Waals surface area contributed by atoms with Gasteiger partial charge in [0.2, 0.25) is 11.8 Å². The molecule has 1 aliphatic heterocycles. The molecule has 0 saturated carbocycles. The van der Waals surface area contributed by atoms with Gasteiger partial charge in [-0.1, -0.05) is 30.3 Å². The molecule has 0 atom stereocenters. The van der Waals surface area contributed by atoms with Gasteiger partial charge in [0.1, 0.15) is 12.4 Å². The zero-order valence-corrected chi connectivity index (χ0v) is 19.2. The lowest BCUT2D eigenvalue weighted by atomic mass is 9.95. The van der Waals surface area contributed by atoms with Crippen LogP contribution in [-0.4, -0.2) is 48.3 Å². The number of rotatable bonds is 8. The summed E-state index contributed by atoms with van der Waals surface area (Å²) in [4.78, 5) is 25.8.